The van der Waals surface area contributed by atoms with Crippen molar-refractivity contribution in [3.05, 3.63) is 53.5 Å². The second-order valence-electron chi connectivity index (χ2n) is 8.49. The van der Waals surface area contributed by atoms with E-state index in [1.165, 1.54) is 0 Å². The third kappa shape index (κ3) is 5.16. The van der Waals surface area contributed by atoms with Crippen molar-refractivity contribution in [1.82, 2.24) is 19.8 Å². The van der Waals surface area contributed by atoms with E-state index in [4.69, 9.17) is 0 Å². The molecule has 31 heavy (non-hydrogen) atoms. The zero-order chi connectivity index (χ0) is 22.5. The summed E-state index contributed by atoms with van der Waals surface area (Å²) in [6.07, 6.45) is 6.26. The van der Waals surface area contributed by atoms with Crippen LogP contribution in [0.2, 0.25) is 0 Å². The lowest BCUT2D eigenvalue weighted by molar-refractivity contribution is 0.0940. The molecule has 4 rings (SSSR count). The summed E-state index contributed by atoms with van der Waals surface area (Å²) in [5.74, 6) is 0.581. The standard InChI is InChI=1S/C24H30N4O.C2H6/c1-16-15-28(4)22-12-20(19-6-5-17(2)25-14-19)11-21(23(16)22)24(29)26-13-18-7-9-27(3)10-8-18;1-2/h5-6,11-12,14-15,18H,7-10,13H2,1-4H3,(H,26,29);1-2H3. The number of nitrogens with zero attached hydrogens (tertiary/aromatic N) is 3. The van der Waals surface area contributed by atoms with Crippen molar-refractivity contribution in [1.29, 1.82) is 0 Å². The fourth-order valence-electron chi connectivity index (χ4n) is 4.33. The Balaban J connectivity index is 0.00000132. The molecule has 2 aromatic heterocycles. The van der Waals surface area contributed by atoms with Crippen LogP contribution >= 0.6 is 0 Å². The molecule has 3 aromatic rings. The van der Waals surface area contributed by atoms with Gasteiger partial charge in [0.25, 0.3) is 5.91 Å². The van der Waals surface area contributed by atoms with E-state index in [9.17, 15) is 4.79 Å². The summed E-state index contributed by atoms with van der Waals surface area (Å²) in [5, 5.41) is 4.26. The molecule has 1 fully saturated rings. The number of aromatic nitrogens is 2. The van der Waals surface area contributed by atoms with Crippen LogP contribution in [0.4, 0.5) is 0 Å². The van der Waals surface area contributed by atoms with Crippen LogP contribution in [0.3, 0.4) is 0 Å². The molecule has 0 atom stereocenters. The van der Waals surface area contributed by atoms with Gasteiger partial charge in [0.15, 0.2) is 0 Å². The average Bonchev–Trinajstić information content (AvgIpc) is 3.08. The van der Waals surface area contributed by atoms with Gasteiger partial charge in [-0.15, -0.1) is 0 Å². The molecule has 1 aromatic carbocycles. The molecule has 1 aliphatic rings. The Labute approximate surface area is 186 Å². The summed E-state index contributed by atoms with van der Waals surface area (Å²) < 4.78 is 2.10. The number of rotatable bonds is 4. The first-order valence-corrected chi connectivity index (χ1v) is 11.4. The van der Waals surface area contributed by atoms with Gasteiger partial charge >= 0.3 is 0 Å². The van der Waals surface area contributed by atoms with Crippen LogP contribution in [0.1, 0.15) is 48.3 Å². The Morgan fingerprint density at radius 2 is 1.81 bits per heavy atom. The van der Waals surface area contributed by atoms with Crippen molar-refractivity contribution in [2.24, 2.45) is 13.0 Å². The van der Waals surface area contributed by atoms with Crippen LogP contribution in [-0.2, 0) is 7.05 Å². The second kappa shape index (κ2) is 10.1. The number of fused-ring (bicyclic) bond motifs is 1. The number of aryl methyl sites for hydroxylation is 3. The number of piperidine rings is 1. The van der Waals surface area contributed by atoms with Gasteiger partial charge in [-0.05, 0) is 82.1 Å². The van der Waals surface area contributed by atoms with Gasteiger partial charge in [-0.25, -0.2) is 0 Å². The summed E-state index contributed by atoms with van der Waals surface area (Å²) in [5.41, 5.74) is 5.99. The minimum absolute atomic E-state index is 0.0187. The highest BCUT2D eigenvalue weighted by Gasteiger charge is 2.20. The highest BCUT2D eigenvalue weighted by atomic mass is 16.1. The predicted molar refractivity (Wildman–Crippen MR) is 130 cm³/mol. The molecular formula is C26H36N4O. The molecule has 0 saturated carbocycles. The van der Waals surface area contributed by atoms with Crippen molar-refractivity contribution >= 4 is 16.8 Å². The average molecular weight is 421 g/mol. The summed E-state index contributed by atoms with van der Waals surface area (Å²) in [4.78, 5) is 20.0. The van der Waals surface area contributed by atoms with Gasteiger partial charge in [0.1, 0.15) is 0 Å². The minimum Gasteiger partial charge on any atom is -0.352 e. The van der Waals surface area contributed by atoms with Crippen molar-refractivity contribution < 1.29 is 4.79 Å². The molecular weight excluding hydrogens is 384 g/mol. The van der Waals surface area contributed by atoms with Crippen molar-refractivity contribution in [3.63, 3.8) is 0 Å². The smallest absolute Gasteiger partial charge is 0.252 e. The zero-order valence-corrected chi connectivity index (χ0v) is 19.8. The fourth-order valence-corrected chi connectivity index (χ4v) is 4.33. The van der Waals surface area contributed by atoms with E-state index in [-0.39, 0.29) is 5.91 Å². The van der Waals surface area contributed by atoms with Gasteiger partial charge in [-0.3, -0.25) is 9.78 Å². The fraction of sp³-hybridized carbons (Fsp3) is 0.462. The molecule has 5 heteroatoms. The van der Waals surface area contributed by atoms with E-state index in [2.05, 4.69) is 52.1 Å². The first-order valence-electron chi connectivity index (χ1n) is 11.4. The first-order chi connectivity index (χ1) is 14.9. The predicted octanol–water partition coefficient (Wildman–Crippen LogP) is 4.95. The molecule has 0 radical (unpaired) electrons. The van der Waals surface area contributed by atoms with E-state index < -0.39 is 0 Å². The van der Waals surface area contributed by atoms with Gasteiger partial charge < -0.3 is 14.8 Å². The third-order valence-electron chi connectivity index (χ3n) is 6.16. The second-order valence-corrected chi connectivity index (χ2v) is 8.49. The lowest BCUT2D eigenvalue weighted by Crippen LogP contribution is -2.36. The topological polar surface area (TPSA) is 50.2 Å². The van der Waals surface area contributed by atoms with Crippen LogP contribution in [0.15, 0.2) is 36.7 Å². The lowest BCUT2D eigenvalue weighted by Gasteiger charge is -2.29. The van der Waals surface area contributed by atoms with Crippen molar-refractivity contribution in [2.45, 2.75) is 40.5 Å². The minimum atomic E-state index is 0.0187. The van der Waals surface area contributed by atoms with Crippen LogP contribution in [0, 0.1) is 19.8 Å². The summed E-state index contributed by atoms with van der Waals surface area (Å²) in [7, 11) is 4.20. The lowest BCUT2D eigenvalue weighted by atomic mass is 9.96. The number of carbonyl (C=O) groups excluding carboxylic acids is 1. The number of carbonyl (C=O) groups is 1. The van der Waals surface area contributed by atoms with Crippen molar-refractivity contribution in [3.8, 4) is 11.1 Å². The first kappa shape index (κ1) is 23.0. The van der Waals surface area contributed by atoms with Crippen LogP contribution in [0.5, 0.6) is 0 Å². The molecule has 1 saturated heterocycles. The number of pyridine rings is 1. The quantitative estimate of drug-likeness (QED) is 0.649. The van der Waals surface area contributed by atoms with Gasteiger partial charge in [0.05, 0.1) is 0 Å². The van der Waals surface area contributed by atoms with E-state index in [1.807, 2.05) is 46.1 Å². The zero-order valence-electron chi connectivity index (χ0n) is 19.8. The summed E-state index contributed by atoms with van der Waals surface area (Å²) >= 11 is 0. The normalized spacial score (nSPS) is 14.9. The van der Waals surface area contributed by atoms with Gasteiger partial charge in [0.2, 0.25) is 0 Å². The maximum absolute atomic E-state index is 13.2. The molecule has 1 amide bonds. The largest absolute Gasteiger partial charge is 0.352 e. The Bertz CT molecular complexity index is 1030. The van der Waals surface area contributed by atoms with Gasteiger partial charge in [0, 0.05) is 53.7 Å². The van der Waals surface area contributed by atoms with Crippen LogP contribution in [-0.4, -0.2) is 47.0 Å². The molecule has 0 spiro atoms. The summed E-state index contributed by atoms with van der Waals surface area (Å²) in [6, 6.07) is 8.25. The van der Waals surface area contributed by atoms with Gasteiger partial charge in [-0.1, -0.05) is 19.9 Å². The molecule has 3 heterocycles. The number of nitrogens with one attached hydrogen (secondary N) is 1. The molecule has 166 valence electrons. The molecule has 0 unspecified atom stereocenters. The van der Waals surface area contributed by atoms with E-state index >= 15 is 0 Å². The molecule has 5 nitrogen and oxygen atoms in total. The Morgan fingerprint density at radius 1 is 1.10 bits per heavy atom. The maximum Gasteiger partial charge on any atom is 0.252 e. The Morgan fingerprint density at radius 3 is 2.45 bits per heavy atom. The SMILES string of the molecule is CC.Cc1ccc(-c2cc(C(=O)NCC3CCN(C)CC3)c3c(C)cn(C)c3c2)cn1. The van der Waals surface area contributed by atoms with Gasteiger partial charge in [-0.2, -0.15) is 0 Å². The highest BCUT2D eigenvalue weighted by molar-refractivity contribution is 6.09. The van der Waals surface area contributed by atoms with Crippen LogP contribution in [0.25, 0.3) is 22.0 Å². The molecule has 1 N–H and O–H groups in total. The number of hydrogen-bond acceptors (Lipinski definition) is 3. The van der Waals surface area contributed by atoms with E-state index in [0.29, 0.717) is 5.92 Å². The number of benzene rings is 1. The Hall–Kier alpha value is -2.66. The summed E-state index contributed by atoms with van der Waals surface area (Å²) in [6.45, 7) is 11.0. The molecule has 0 bridgehead atoms. The third-order valence-corrected chi connectivity index (χ3v) is 6.16. The molecule has 0 aliphatic carbocycles. The number of amides is 1. The van der Waals surface area contributed by atoms with E-state index in [1.54, 1.807) is 0 Å². The Kier molecular flexibility index (Phi) is 7.50. The number of hydrogen-bond donors (Lipinski definition) is 1. The monoisotopic (exact) mass is 420 g/mol. The molecule has 1 aliphatic heterocycles. The number of likely N-dealkylation sites (tertiary alicyclic amines) is 1. The van der Waals surface area contributed by atoms with Crippen LogP contribution < -0.4 is 5.32 Å². The maximum atomic E-state index is 13.2. The van der Waals surface area contributed by atoms with E-state index in [0.717, 1.165) is 71.3 Å². The van der Waals surface area contributed by atoms with Crippen molar-refractivity contribution in [2.75, 3.05) is 26.7 Å². The highest BCUT2D eigenvalue weighted by Crippen LogP contribution is 2.31.